The van der Waals surface area contributed by atoms with E-state index in [1.807, 2.05) is 37.3 Å². The van der Waals surface area contributed by atoms with E-state index in [1.165, 1.54) is 6.92 Å². The number of cyclic esters (lactones) is 1. The Morgan fingerprint density at radius 1 is 0.900 bits per heavy atom. The number of carbonyl (C=O) groups is 4. The summed E-state index contributed by atoms with van der Waals surface area (Å²) in [5.41, 5.74) is 2.05. The lowest BCUT2D eigenvalue weighted by atomic mass is 9.95. The zero-order valence-electron chi connectivity index (χ0n) is 23.3. The van der Waals surface area contributed by atoms with Gasteiger partial charge in [0.2, 0.25) is 17.7 Å². The second kappa shape index (κ2) is 14.8. The van der Waals surface area contributed by atoms with Gasteiger partial charge in [0, 0.05) is 12.8 Å². The summed E-state index contributed by atoms with van der Waals surface area (Å²) >= 11 is 0. The van der Waals surface area contributed by atoms with Crippen molar-refractivity contribution in [3.05, 3.63) is 71.3 Å². The molecule has 1 saturated heterocycles. The zero-order chi connectivity index (χ0) is 29.1. The van der Waals surface area contributed by atoms with Gasteiger partial charge in [-0.15, -0.1) is 0 Å². The fourth-order valence-electron chi connectivity index (χ4n) is 4.62. The van der Waals surface area contributed by atoms with Crippen molar-refractivity contribution >= 4 is 23.7 Å². The van der Waals surface area contributed by atoms with E-state index in [-0.39, 0.29) is 25.2 Å². The molecule has 5 atom stereocenters. The molecule has 2 aromatic carbocycles. The van der Waals surface area contributed by atoms with Crippen LogP contribution in [0.25, 0.3) is 0 Å². The van der Waals surface area contributed by atoms with E-state index in [4.69, 9.17) is 10.00 Å². The van der Waals surface area contributed by atoms with Crippen molar-refractivity contribution in [3.63, 3.8) is 0 Å². The van der Waals surface area contributed by atoms with E-state index in [0.717, 1.165) is 30.4 Å². The van der Waals surface area contributed by atoms with Crippen molar-refractivity contribution in [2.24, 2.45) is 5.92 Å². The molecule has 212 valence electrons. The summed E-state index contributed by atoms with van der Waals surface area (Å²) in [6.07, 6.45) is 2.12. The SMILES string of the molecule is CCCC[C@H](C)[C@@H]1CC(=O)N[C@H](Cc2ccccc2)C(=O)N[C@H](C)C(=O)N[C@H](Cc2ccc(C#N)cc2)C(=O)O1. The fraction of sp³-hybridized carbons (Fsp3) is 0.452. The van der Waals surface area contributed by atoms with E-state index in [9.17, 15) is 19.2 Å². The van der Waals surface area contributed by atoms with E-state index in [2.05, 4.69) is 28.9 Å². The Balaban J connectivity index is 1.91. The first kappa shape index (κ1) is 30.4. The monoisotopic (exact) mass is 546 g/mol. The van der Waals surface area contributed by atoms with Gasteiger partial charge in [0.1, 0.15) is 24.2 Å². The molecule has 2 aromatic rings. The number of nitrogens with zero attached hydrogens (tertiary/aromatic N) is 1. The van der Waals surface area contributed by atoms with Crippen LogP contribution in [0.3, 0.4) is 0 Å². The summed E-state index contributed by atoms with van der Waals surface area (Å²) in [6.45, 7) is 5.52. The fourth-order valence-corrected chi connectivity index (χ4v) is 4.62. The van der Waals surface area contributed by atoms with Crippen LogP contribution >= 0.6 is 0 Å². The highest BCUT2D eigenvalue weighted by atomic mass is 16.5. The average Bonchev–Trinajstić information content (AvgIpc) is 2.95. The largest absolute Gasteiger partial charge is 0.460 e. The van der Waals surface area contributed by atoms with Crippen molar-refractivity contribution in [2.75, 3.05) is 0 Å². The molecular weight excluding hydrogens is 508 g/mol. The number of benzene rings is 2. The van der Waals surface area contributed by atoms with Crippen molar-refractivity contribution < 1.29 is 23.9 Å². The summed E-state index contributed by atoms with van der Waals surface area (Å²) in [7, 11) is 0. The molecule has 0 saturated carbocycles. The smallest absolute Gasteiger partial charge is 0.329 e. The van der Waals surface area contributed by atoms with Crippen LogP contribution in [0.2, 0.25) is 0 Å². The predicted molar refractivity (Wildman–Crippen MR) is 150 cm³/mol. The number of hydrogen-bond acceptors (Lipinski definition) is 6. The van der Waals surface area contributed by atoms with Crippen molar-refractivity contribution in [3.8, 4) is 6.07 Å². The molecule has 1 heterocycles. The number of nitriles is 1. The molecule has 0 spiro atoms. The molecule has 0 unspecified atom stereocenters. The lowest BCUT2D eigenvalue weighted by molar-refractivity contribution is -0.157. The highest BCUT2D eigenvalue weighted by molar-refractivity contribution is 5.94. The van der Waals surface area contributed by atoms with Gasteiger partial charge < -0.3 is 20.7 Å². The molecular formula is C31H38N4O5. The van der Waals surface area contributed by atoms with Gasteiger partial charge in [-0.25, -0.2) is 4.79 Å². The third kappa shape index (κ3) is 8.94. The Kier molecular flexibility index (Phi) is 11.2. The van der Waals surface area contributed by atoms with E-state index in [1.54, 1.807) is 24.3 Å². The quantitative estimate of drug-likeness (QED) is 0.436. The molecule has 1 aliphatic rings. The van der Waals surface area contributed by atoms with Gasteiger partial charge in [-0.3, -0.25) is 14.4 Å². The van der Waals surface area contributed by atoms with Crippen LogP contribution < -0.4 is 16.0 Å². The van der Waals surface area contributed by atoms with E-state index < -0.39 is 47.9 Å². The molecule has 3 N–H and O–H groups in total. The van der Waals surface area contributed by atoms with Crippen molar-refractivity contribution in [1.82, 2.24) is 16.0 Å². The number of carbonyl (C=O) groups excluding carboxylic acids is 4. The van der Waals surface area contributed by atoms with E-state index >= 15 is 0 Å². The maximum atomic E-state index is 13.5. The number of esters is 1. The number of hydrogen-bond donors (Lipinski definition) is 3. The third-order valence-electron chi connectivity index (χ3n) is 7.11. The standard InChI is InChI=1S/C31H38N4O5/c1-4-5-9-20(2)27-18-28(36)34-25(16-22-10-7-6-8-11-22)30(38)33-21(3)29(37)35-26(31(39)40-27)17-23-12-14-24(19-32)15-13-23/h6-8,10-15,20-21,25-27H,4-5,9,16-18H2,1-3H3,(H,33,38)(H,34,36)(H,35,37)/t20-,21+,25+,26+,27-/m0/s1. The second-order valence-electron chi connectivity index (χ2n) is 10.4. The molecule has 9 heteroatoms. The number of nitrogens with one attached hydrogen (secondary N) is 3. The Bertz CT molecular complexity index is 1210. The maximum Gasteiger partial charge on any atom is 0.329 e. The Morgan fingerprint density at radius 2 is 1.55 bits per heavy atom. The third-order valence-corrected chi connectivity index (χ3v) is 7.11. The molecule has 3 rings (SSSR count). The van der Waals surface area contributed by atoms with Gasteiger partial charge in [0.05, 0.1) is 18.1 Å². The van der Waals surface area contributed by atoms with Gasteiger partial charge >= 0.3 is 5.97 Å². The first-order valence-corrected chi connectivity index (χ1v) is 13.8. The van der Waals surface area contributed by atoms with Crippen LogP contribution in [0.5, 0.6) is 0 Å². The van der Waals surface area contributed by atoms with Gasteiger partial charge in [-0.05, 0) is 42.5 Å². The van der Waals surface area contributed by atoms with Gasteiger partial charge in [0.15, 0.2) is 0 Å². The molecule has 40 heavy (non-hydrogen) atoms. The number of unbranched alkanes of at least 4 members (excludes halogenated alkanes) is 1. The maximum absolute atomic E-state index is 13.5. The second-order valence-corrected chi connectivity index (χ2v) is 10.4. The van der Waals surface area contributed by atoms with Crippen LogP contribution in [0.15, 0.2) is 54.6 Å². The molecule has 0 aliphatic carbocycles. The summed E-state index contributed by atoms with van der Waals surface area (Å²) in [5, 5.41) is 17.3. The molecule has 1 aliphatic heterocycles. The van der Waals surface area contributed by atoms with Crippen LogP contribution in [-0.4, -0.2) is 47.9 Å². The first-order valence-electron chi connectivity index (χ1n) is 13.8. The van der Waals surface area contributed by atoms with Gasteiger partial charge in [0.25, 0.3) is 0 Å². The minimum absolute atomic E-state index is 0.109. The Hall–Kier alpha value is -4.19. The molecule has 9 nitrogen and oxygen atoms in total. The van der Waals surface area contributed by atoms with Gasteiger partial charge in [-0.1, -0.05) is 69.2 Å². The molecule has 0 radical (unpaired) electrons. The number of rotatable bonds is 8. The Morgan fingerprint density at radius 3 is 2.20 bits per heavy atom. The van der Waals surface area contributed by atoms with Crippen LogP contribution in [-0.2, 0) is 36.8 Å². The van der Waals surface area contributed by atoms with Crippen molar-refractivity contribution in [2.45, 2.75) is 83.5 Å². The topological polar surface area (TPSA) is 137 Å². The predicted octanol–water partition coefficient (Wildman–Crippen LogP) is 2.96. The lowest BCUT2D eigenvalue weighted by Gasteiger charge is -2.27. The zero-order valence-corrected chi connectivity index (χ0v) is 23.3. The molecule has 0 aromatic heterocycles. The number of ether oxygens (including phenoxy) is 1. The molecule has 3 amide bonds. The highest BCUT2D eigenvalue weighted by Crippen LogP contribution is 2.20. The van der Waals surface area contributed by atoms with Crippen LogP contribution in [0.1, 0.15) is 63.1 Å². The summed E-state index contributed by atoms with van der Waals surface area (Å²) in [6, 6.07) is 15.1. The van der Waals surface area contributed by atoms with E-state index in [0.29, 0.717) is 5.56 Å². The average molecular weight is 547 g/mol. The van der Waals surface area contributed by atoms with Gasteiger partial charge in [-0.2, -0.15) is 5.26 Å². The normalized spacial score (nSPS) is 23.1. The lowest BCUT2D eigenvalue weighted by Crippen LogP contribution is -2.55. The van der Waals surface area contributed by atoms with Crippen molar-refractivity contribution in [1.29, 1.82) is 5.26 Å². The molecule has 0 bridgehead atoms. The summed E-state index contributed by atoms with van der Waals surface area (Å²) in [4.78, 5) is 53.0. The summed E-state index contributed by atoms with van der Waals surface area (Å²) < 4.78 is 5.91. The number of amides is 3. The summed E-state index contributed by atoms with van der Waals surface area (Å²) in [5.74, 6) is -2.23. The minimum Gasteiger partial charge on any atom is -0.460 e. The first-order chi connectivity index (χ1) is 19.2. The minimum atomic E-state index is -1.05. The molecule has 1 fully saturated rings. The Labute approximate surface area is 235 Å². The van der Waals surface area contributed by atoms with Crippen LogP contribution in [0.4, 0.5) is 0 Å². The van der Waals surface area contributed by atoms with Crippen LogP contribution in [0, 0.1) is 17.2 Å². The highest BCUT2D eigenvalue weighted by Gasteiger charge is 2.33.